The molecule has 0 rings (SSSR count). The van der Waals surface area contributed by atoms with Crippen LogP contribution in [0.4, 0.5) is 0 Å². The molecule has 40 heavy (non-hydrogen) atoms. The Kier molecular flexibility index (Phi) is 21.5. The Hall–Kier alpha value is -3.38. The van der Waals surface area contributed by atoms with Crippen LogP contribution in [0.1, 0.15) is 94.9 Å². The van der Waals surface area contributed by atoms with Crippen molar-refractivity contribution >= 4 is 0 Å². The third-order valence-electron chi connectivity index (χ3n) is 5.93. The third-order valence-corrected chi connectivity index (χ3v) is 5.93. The van der Waals surface area contributed by atoms with Crippen molar-refractivity contribution in [3.8, 4) is 0 Å². The van der Waals surface area contributed by atoms with E-state index in [0.29, 0.717) is 0 Å². The van der Waals surface area contributed by atoms with E-state index in [1.54, 1.807) is 0 Å². The first-order valence-electron chi connectivity index (χ1n) is 14.7. The summed E-state index contributed by atoms with van der Waals surface area (Å²) in [4.78, 5) is 0. The van der Waals surface area contributed by atoms with Gasteiger partial charge in [0.1, 0.15) is 0 Å². The molecule has 0 aliphatic carbocycles. The average Bonchev–Trinajstić information content (AvgIpc) is 2.86. The van der Waals surface area contributed by atoms with E-state index < -0.39 is 0 Å². The van der Waals surface area contributed by atoms with Crippen LogP contribution in [0.15, 0.2) is 154 Å². The number of hydrogen-bond donors (Lipinski definition) is 0. The Labute approximate surface area is 248 Å². The highest BCUT2D eigenvalue weighted by Gasteiger charge is 1.88. The van der Waals surface area contributed by atoms with Crippen LogP contribution in [0.5, 0.6) is 0 Å². The summed E-state index contributed by atoms with van der Waals surface area (Å²) in [6.07, 6.45) is 43.3. The van der Waals surface area contributed by atoms with Gasteiger partial charge in [-0.25, -0.2) is 0 Å². The predicted molar refractivity (Wildman–Crippen MR) is 186 cm³/mol. The van der Waals surface area contributed by atoms with Gasteiger partial charge in [-0.15, -0.1) is 0 Å². The first kappa shape index (κ1) is 36.6. The van der Waals surface area contributed by atoms with Crippen LogP contribution in [-0.4, -0.2) is 0 Å². The fourth-order valence-electron chi connectivity index (χ4n) is 3.41. The van der Waals surface area contributed by atoms with Gasteiger partial charge in [-0.2, -0.15) is 0 Å². The molecule has 0 aromatic carbocycles. The summed E-state index contributed by atoms with van der Waals surface area (Å²) in [5.74, 6) is 0. The first-order chi connectivity index (χ1) is 19.0. The Bertz CT molecular complexity index is 1050. The SMILES string of the molecule is CC(C)=CCC\C(C)=C/C=C/C(C)=C/C=C/C(C)=C/C=C/C=C(C)/C=C/C=C(C)/C=C/C=C(/C)CCC=C(C)C. The van der Waals surface area contributed by atoms with Crippen LogP contribution >= 0.6 is 0 Å². The van der Waals surface area contributed by atoms with Gasteiger partial charge in [0.25, 0.3) is 0 Å². The van der Waals surface area contributed by atoms with Crippen molar-refractivity contribution in [2.45, 2.75) is 94.9 Å². The van der Waals surface area contributed by atoms with E-state index in [1.165, 1.54) is 44.6 Å². The third kappa shape index (κ3) is 24.9. The van der Waals surface area contributed by atoms with Gasteiger partial charge in [-0.3, -0.25) is 0 Å². The number of allylic oxidation sites excluding steroid dienone is 26. The molecule has 0 N–H and O–H groups in total. The van der Waals surface area contributed by atoms with E-state index in [1.807, 2.05) is 0 Å². The Morgan fingerprint density at radius 1 is 0.350 bits per heavy atom. The van der Waals surface area contributed by atoms with Crippen LogP contribution < -0.4 is 0 Å². The molecule has 0 saturated heterocycles. The van der Waals surface area contributed by atoms with Crippen molar-refractivity contribution in [1.82, 2.24) is 0 Å². The van der Waals surface area contributed by atoms with Gasteiger partial charge in [0.2, 0.25) is 0 Å². The molecule has 0 spiro atoms. The second kappa shape index (κ2) is 23.5. The molecule has 0 saturated carbocycles. The second-order valence-electron chi connectivity index (χ2n) is 11.1. The minimum absolute atomic E-state index is 1.12. The van der Waals surface area contributed by atoms with Crippen LogP contribution in [-0.2, 0) is 0 Å². The highest BCUT2D eigenvalue weighted by molar-refractivity contribution is 5.32. The molecule has 0 atom stereocenters. The van der Waals surface area contributed by atoms with Crippen LogP contribution in [0.25, 0.3) is 0 Å². The highest BCUT2D eigenvalue weighted by atomic mass is 13.9. The maximum atomic E-state index is 2.30. The van der Waals surface area contributed by atoms with Crippen molar-refractivity contribution in [3.63, 3.8) is 0 Å². The van der Waals surface area contributed by atoms with Gasteiger partial charge in [0.05, 0.1) is 0 Å². The molecule has 0 aromatic rings. The lowest BCUT2D eigenvalue weighted by Gasteiger charge is -1.96. The van der Waals surface area contributed by atoms with E-state index in [0.717, 1.165) is 25.7 Å². The minimum atomic E-state index is 1.12. The quantitative estimate of drug-likeness (QED) is 0.136. The molecule has 0 aliphatic rings. The molecule has 0 bridgehead atoms. The summed E-state index contributed by atoms with van der Waals surface area (Å²) in [6, 6.07) is 0. The van der Waals surface area contributed by atoms with Crippen molar-refractivity contribution in [2.75, 3.05) is 0 Å². The number of hydrogen-bond acceptors (Lipinski definition) is 0. The second-order valence-corrected chi connectivity index (χ2v) is 11.1. The summed E-state index contributed by atoms with van der Waals surface area (Å²) < 4.78 is 0. The lowest BCUT2D eigenvalue weighted by molar-refractivity contribution is 0.967. The molecule has 0 fully saturated rings. The Balaban J connectivity index is 4.70. The van der Waals surface area contributed by atoms with Crippen molar-refractivity contribution in [2.24, 2.45) is 0 Å². The largest absolute Gasteiger partial charge is 0.0856 e. The summed E-state index contributed by atoms with van der Waals surface area (Å²) in [7, 11) is 0. The lowest BCUT2D eigenvalue weighted by atomic mass is 10.1. The smallest absolute Gasteiger partial charge is 0.0285 e. The van der Waals surface area contributed by atoms with Crippen LogP contribution in [0.3, 0.4) is 0 Å². The summed E-state index contributed by atoms with van der Waals surface area (Å²) in [6.45, 7) is 21.5. The van der Waals surface area contributed by atoms with E-state index in [4.69, 9.17) is 0 Å². The topological polar surface area (TPSA) is 0 Å². The zero-order chi connectivity index (χ0) is 30.2. The molecule has 0 aliphatic heterocycles. The van der Waals surface area contributed by atoms with Gasteiger partial charge in [-0.05, 0) is 94.9 Å². The van der Waals surface area contributed by atoms with Gasteiger partial charge < -0.3 is 0 Å². The zero-order valence-electron chi connectivity index (χ0n) is 27.2. The molecule has 0 heterocycles. The maximum Gasteiger partial charge on any atom is -0.0285 e. The molecular formula is C40H56. The molecule has 0 radical (unpaired) electrons. The van der Waals surface area contributed by atoms with Gasteiger partial charge >= 0.3 is 0 Å². The zero-order valence-corrected chi connectivity index (χ0v) is 27.2. The summed E-state index contributed by atoms with van der Waals surface area (Å²) in [5, 5.41) is 0. The lowest BCUT2D eigenvalue weighted by Crippen LogP contribution is -1.76. The van der Waals surface area contributed by atoms with Crippen molar-refractivity contribution in [3.05, 3.63) is 154 Å². The average molecular weight is 537 g/mol. The van der Waals surface area contributed by atoms with Gasteiger partial charge in [0, 0.05) is 0 Å². The Morgan fingerprint density at radius 3 is 0.925 bits per heavy atom. The Morgan fingerprint density at radius 2 is 0.625 bits per heavy atom. The van der Waals surface area contributed by atoms with E-state index in [9.17, 15) is 0 Å². The fourth-order valence-corrected chi connectivity index (χ4v) is 3.41. The van der Waals surface area contributed by atoms with Crippen LogP contribution in [0, 0.1) is 0 Å². The minimum Gasteiger partial charge on any atom is -0.0856 e. The molecule has 0 amide bonds. The molecule has 216 valence electrons. The van der Waals surface area contributed by atoms with Crippen molar-refractivity contribution in [1.29, 1.82) is 0 Å². The first-order valence-corrected chi connectivity index (χ1v) is 14.7. The summed E-state index contributed by atoms with van der Waals surface area (Å²) in [5.41, 5.74) is 10.5. The fraction of sp³-hybridized carbons (Fsp3) is 0.350. The monoisotopic (exact) mass is 536 g/mol. The van der Waals surface area contributed by atoms with Crippen molar-refractivity contribution < 1.29 is 0 Å². The maximum absolute atomic E-state index is 2.30. The number of rotatable bonds is 16. The van der Waals surface area contributed by atoms with E-state index >= 15 is 0 Å². The van der Waals surface area contributed by atoms with Gasteiger partial charge in [-0.1, -0.05) is 154 Å². The highest BCUT2D eigenvalue weighted by Crippen LogP contribution is 2.09. The van der Waals surface area contributed by atoms with Gasteiger partial charge in [0.15, 0.2) is 0 Å². The van der Waals surface area contributed by atoms with E-state index in [2.05, 4.69) is 179 Å². The molecule has 0 aromatic heterocycles. The normalized spacial score (nSPS) is 15.1. The van der Waals surface area contributed by atoms with Crippen LogP contribution in [0.2, 0.25) is 0 Å². The molecule has 0 heteroatoms. The predicted octanol–water partition coefficient (Wildman–Crippen LogP) is 12.9. The molecule has 0 nitrogen and oxygen atoms in total. The van der Waals surface area contributed by atoms with E-state index in [-0.39, 0.29) is 0 Å². The molecule has 0 unspecified atom stereocenters. The summed E-state index contributed by atoms with van der Waals surface area (Å²) >= 11 is 0. The standard InChI is InChI=1S/C40H56/c1-33(2)19-13-23-37(7)27-17-31-39(9)29-15-25-35(5)21-11-12-22-36(6)26-16-30-40(10)32-18-28-38(8)24-14-20-34(3)4/h11-12,15-22,25-32H,13-14,23-24H2,1-10H3/b12-11+,25-15+,26-16+,31-17+,32-18+,35-21+,36-22+,37-27-,38-28-,39-29+,40-30+. The molecular weight excluding hydrogens is 480 g/mol.